The number of hydrogen-bond acceptors (Lipinski definition) is 5. The van der Waals surface area contributed by atoms with Crippen LogP contribution in [-0.4, -0.2) is 36.3 Å². The van der Waals surface area contributed by atoms with Crippen LogP contribution >= 0.6 is 11.6 Å². The second-order valence-electron chi connectivity index (χ2n) is 5.83. The monoisotopic (exact) mass is 353 g/mol. The van der Waals surface area contributed by atoms with Gasteiger partial charge in [0.2, 0.25) is 0 Å². The van der Waals surface area contributed by atoms with Gasteiger partial charge in [-0.3, -0.25) is 0 Å². The minimum Gasteiger partial charge on any atom is -0.378 e. The Morgan fingerprint density at radius 3 is 2.88 bits per heavy atom. The molecule has 1 aliphatic heterocycles. The normalized spacial score (nSPS) is 14.5. The van der Waals surface area contributed by atoms with Crippen LogP contribution in [0.5, 0.6) is 0 Å². The molecule has 1 saturated heterocycles. The Hall–Kier alpha value is -2.75. The highest BCUT2D eigenvalue weighted by atomic mass is 35.5. The summed E-state index contributed by atoms with van der Waals surface area (Å²) in [6.07, 6.45) is 1.85. The van der Waals surface area contributed by atoms with Crippen molar-refractivity contribution in [1.82, 2.24) is 9.97 Å². The molecule has 25 heavy (non-hydrogen) atoms. The molecule has 1 fully saturated rings. The van der Waals surface area contributed by atoms with Gasteiger partial charge in [0.05, 0.1) is 18.2 Å². The summed E-state index contributed by atoms with van der Waals surface area (Å²) in [7, 11) is 0. The highest BCUT2D eigenvalue weighted by Crippen LogP contribution is 2.29. The van der Waals surface area contributed by atoms with E-state index in [-0.39, 0.29) is 0 Å². The maximum atomic E-state index is 9.30. The van der Waals surface area contributed by atoms with Crippen molar-refractivity contribution in [3.63, 3.8) is 0 Å². The van der Waals surface area contributed by atoms with Crippen LogP contribution in [0.3, 0.4) is 0 Å². The Morgan fingerprint density at radius 2 is 2.08 bits per heavy atom. The van der Waals surface area contributed by atoms with Crippen molar-refractivity contribution < 1.29 is 4.74 Å². The summed E-state index contributed by atoms with van der Waals surface area (Å²) >= 11 is 6.33. The third-order valence-electron chi connectivity index (χ3n) is 4.19. The Bertz CT molecular complexity index is 956. The molecule has 7 heteroatoms. The number of pyridine rings is 1. The maximum Gasteiger partial charge on any atom is 0.144 e. The lowest BCUT2D eigenvalue weighted by Crippen LogP contribution is -2.36. The number of benzene rings is 1. The number of aromatic nitrogens is 2. The van der Waals surface area contributed by atoms with Gasteiger partial charge in [0.15, 0.2) is 0 Å². The molecule has 6 nitrogen and oxygen atoms in total. The number of fused-ring (bicyclic) bond motifs is 1. The van der Waals surface area contributed by atoms with E-state index in [9.17, 15) is 5.26 Å². The van der Waals surface area contributed by atoms with Crippen molar-refractivity contribution in [1.29, 1.82) is 5.26 Å². The van der Waals surface area contributed by atoms with Crippen LogP contribution in [0.25, 0.3) is 10.9 Å². The second kappa shape index (κ2) is 6.63. The van der Waals surface area contributed by atoms with Crippen molar-refractivity contribution in [2.45, 2.75) is 0 Å². The number of halogens is 1. The van der Waals surface area contributed by atoms with E-state index in [0.717, 1.165) is 35.4 Å². The lowest BCUT2D eigenvalue weighted by molar-refractivity contribution is 0.122. The minimum absolute atomic E-state index is 0.374. The number of anilines is 3. The van der Waals surface area contributed by atoms with Gasteiger partial charge in [-0.15, -0.1) is 0 Å². The lowest BCUT2D eigenvalue weighted by atomic mass is 10.2. The highest BCUT2D eigenvalue weighted by molar-refractivity contribution is 6.35. The van der Waals surface area contributed by atoms with Gasteiger partial charge in [-0.1, -0.05) is 11.6 Å². The van der Waals surface area contributed by atoms with E-state index >= 15 is 0 Å². The average molecular weight is 354 g/mol. The fraction of sp³-hybridized carbons (Fsp3) is 0.222. The molecule has 0 atom stereocenters. The summed E-state index contributed by atoms with van der Waals surface area (Å²) < 4.78 is 5.39. The van der Waals surface area contributed by atoms with Crippen molar-refractivity contribution >= 4 is 39.7 Å². The lowest BCUT2D eigenvalue weighted by Gasteiger charge is -2.29. The zero-order valence-corrected chi connectivity index (χ0v) is 14.2. The molecule has 2 N–H and O–H groups in total. The summed E-state index contributed by atoms with van der Waals surface area (Å²) in [5.74, 6) is 0.613. The van der Waals surface area contributed by atoms with E-state index < -0.39 is 0 Å². The maximum absolute atomic E-state index is 9.30. The molecule has 0 spiro atoms. The molecular weight excluding hydrogens is 338 g/mol. The topological polar surface area (TPSA) is 77.0 Å². The molecule has 3 aromatic rings. The van der Waals surface area contributed by atoms with Crippen LogP contribution in [0.2, 0.25) is 5.02 Å². The average Bonchev–Trinajstić information content (AvgIpc) is 3.11. The fourth-order valence-electron chi connectivity index (χ4n) is 2.98. The van der Waals surface area contributed by atoms with Gasteiger partial charge in [0.1, 0.15) is 17.6 Å². The van der Waals surface area contributed by atoms with Gasteiger partial charge in [-0.25, -0.2) is 4.98 Å². The van der Waals surface area contributed by atoms with Crippen LogP contribution < -0.4 is 10.2 Å². The van der Waals surface area contributed by atoms with Crippen LogP contribution in [0.4, 0.5) is 17.2 Å². The third-order valence-corrected chi connectivity index (χ3v) is 4.50. The highest BCUT2D eigenvalue weighted by Gasteiger charge is 2.14. The van der Waals surface area contributed by atoms with Gasteiger partial charge < -0.3 is 19.9 Å². The predicted molar refractivity (Wildman–Crippen MR) is 98.6 cm³/mol. The number of rotatable bonds is 3. The van der Waals surface area contributed by atoms with Gasteiger partial charge in [0, 0.05) is 47.6 Å². The van der Waals surface area contributed by atoms with E-state index in [1.807, 2.05) is 30.5 Å². The predicted octanol–water partition coefficient (Wildman–Crippen LogP) is 3.67. The standard InChI is InChI=1S/C18H16ClN5O/c19-16-8-12(9-17-15(16)1-2-21-17)22-18-10-14(7-13(11-20)23-18)24-3-5-25-6-4-24/h1-2,7-10,21H,3-6H2,(H,22,23). The molecule has 0 bridgehead atoms. The second-order valence-corrected chi connectivity index (χ2v) is 6.24. The van der Waals surface area contributed by atoms with E-state index in [1.54, 1.807) is 6.07 Å². The first-order valence-corrected chi connectivity index (χ1v) is 8.39. The molecule has 0 unspecified atom stereocenters. The number of H-pyrrole nitrogens is 1. The molecule has 0 amide bonds. The summed E-state index contributed by atoms with van der Waals surface area (Å²) in [5, 5.41) is 14.2. The molecule has 0 radical (unpaired) electrons. The third kappa shape index (κ3) is 3.25. The molecule has 3 heterocycles. The van der Waals surface area contributed by atoms with Gasteiger partial charge in [-0.2, -0.15) is 5.26 Å². The first-order valence-electron chi connectivity index (χ1n) is 8.01. The largest absolute Gasteiger partial charge is 0.378 e. The van der Waals surface area contributed by atoms with E-state index in [2.05, 4.69) is 26.3 Å². The van der Waals surface area contributed by atoms with E-state index in [0.29, 0.717) is 29.7 Å². The first-order chi connectivity index (χ1) is 12.2. The number of ether oxygens (including phenoxy) is 1. The molecule has 126 valence electrons. The summed E-state index contributed by atoms with van der Waals surface area (Å²) in [5.41, 5.74) is 3.10. The number of hydrogen-bond donors (Lipinski definition) is 2. The number of nitrogens with zero attached hydrogens (tertiary/aromatic N) is 3. The van der Waals surface area contributed by atoms with E-state index in [1.165, 1.54) is 0 Å². The SMILES string of the molecule is N#Cc1cc(N2CCOCC2)cc(Nc2cc(Cl)c3cc[nH]c3c2)n1. The van der Waals surface area contributed by atoms with Gasteiger partial charge in [-0.05, 0) is 24.3 Å². The smallest absolute Gasteiger partial charge is 0.144 e. The van der Waals surface area contributed by atoms with E-state index in [4.69, 9.17) is 16.3 Å². The number of morpholine rings is 1. The summed E-state index contributed by atoms with van der Waals surface area (Å²) in [6, 6.07) is 11.6. The number of aromatic amines is 1. The van der Waals surface area contributed by atoms with Crippen molar-refractivity contribution in [2.75, 3.05) is 36.5 Å². The zero-order valence-electron chi connectivity index (χ0n) is 13.4. The van der Waals surface area contributed by atoms with Crippen LogP contribution in [-0.2, 0) is 4.74 Å². The molecular formula is C18H16ClN5O. The van der Waals surface area contributed by atoms with Crippen molar-refractivity contribution in [3.8, 4) is 6.07 Å². The Balaban J connectivity index is 1.67. The Labute approximate surface area is 150 Å². The number of nitrogens with one attached hydrogen (secondary N) is 2. The number of nitriles is 1. The quantitative estimate of drug-likeness (QED) is 0.751. The molecule has 0 saturated carbocycles. The molecule has 1 aliphatic rings. The van der Waals surface area contributed by atoms with Crippen molar-refractivity contribution in [2.24, 2.45) is 0 Å². The first kappa shape index (κ1) is 15.8. The van der Waals surface area contributed by atoms with Crippen LogP contribution in [0.1, 0.15) is 5.69 Å². The summed E-state index contributed by atoms with van der Waals surface area (Å²) in [4.78, 5) is 9.70. The van der Waals surface area contributed by atoms with Crippen LogP contribution in [0, 0.1) is 11.3 Å². The Morgan fingerprint density at radius 1 is 1.24 bits per heavy atom. The van der Waals surface area contributed by atoms with Gasteiger partial charge >= 0.3 is 0 Å². The van der Waals surface area contributed by atoms with Crippen molar-refractivity contribution in [3.05, 3.63) is 47.2 Å². The molecule has 0 aliphatic carbocycles. The molecule has 1 aromatic carbocycles. The molecule has 2 aromatic heterocycles. The minimum atomic E-state index is 0.374. The van der Waals surface area contributed by atoms with Crippen LogP contribution in [0.15, 0.2) is 36.5 Å². The van der Waals surface area contributed by atoms with Gasteiger partial charge in [0.25, 0.3) is 0 Å². The molecule has 4 rings (SSSR count). The fourth-order valence-corrected chi connectivity index (χ4v) is 3.27. The zero-order chi connectivity index (χ0) is 17.2. The summed E-state index contributed by atoms with van der Waals surface area (Å²) in [6.45, 7) is 2.97. The Kier molecular flexibility index (Phi) is 4.18.